The maximum absolute atomic E-state index is 12.8. The van der Waals surface area contributed by atoms with Gasteiger partial charge in [-0.2, -0.15) is 13.2 Å². The van der Waals surface area contributed by atoms with Crippen LogP contribution in [0.5, 0.6) is 0 Å². The number of fused-ring (bicyclic) bond motifs is 1. The molecular formula is C17H14F3N3O2. The Kier molecular flexibility index (Phi) is 4.20. The number of aliphatic carboxylic acids is 1. The van der Waals surface area contributed by atoms with Crippen molar-refractivity contribution in [2.75, 3.05) is 0 Å². The van der Waals surface area contributed by atoms with Gasteiger partial charge >= 0.3 is 12.1 Å². The van der Waals surface area contributed by atoms with E-state index in [1.165, 1.54) is 23.7 Å². The minimum absolute atomic E-state index is 0.415. The first-order valence-corrected chi connectivity index (χ1v) is 7.49. The predicted molar refractivity (Wildman–Crippen MR) is 83.9 cm³/mol. The summed E-state index contributed by atoms with van der Waals surface area (Å²) in [5.74, 6) is -1.99. The third-order valence-corrected chi connectivity index (χ3v) is 4.08. The third-order valence-electron chi connectivity index (χ3n) is 4.08. The van der Waals surface area contributed by atoms with Gasteiger partial charge in [0.1, 0.15) is 5.52 Å². The van der Waals surface area contributed by atoms with Crippen LogP contribution < -0.4 is 0 Å². The molecule has 0 bridgehead atoms. The Labute approximate surface area is 140 Å². The van der Waals surface area contributed by atoms with Gasteiger partial charge in [0.2, 0.25) is 0 Å². The molecule has 1 aromatic heterocycles. The van der Waals surface area contributed by atoms with Crippen molar-refractivity contribution in [1.82, 2.24) is 15.0 Å². The molecule has 5 nitrogen and oxygen atoms in total. The highest BCUT2D eigenvalue weighted by Crippen LogP contribution is 2.33. The molecule has 2 atom stereocenters. The maximum Gasteiger partial charge on any atom is 0.416 e. The van der Waals surface area contributed by atoms with Crippen LogP contribution in [0.2, 0.25) is 0 Å². The number of halogens is 3. The Morgan fingerprint density at radius 3 is 2.36 bits per heavy atom. The molecule has 0 aliphatic rings. The number of aromatic nitrogens is 3. The molecule has 130 valence electrons. The van der Waals surface area contributed by atoms with Gasteiger partial charge in [-0.05, 0) is 36.8 Å². The molecule has 0 aliphatic heterocycles. The second kappa shape index (κ2) is 6.19. The van der Waals surface area contributed by atoms with Gasteiger partial charge in [0, 0.05) is 0 Å². The molecule has 3 rings (SSSR count). The SMILES string of the molecule is C[C@H](C(=O)O)[C@@H](c1ccc(C(F)(F)F)cc1)n1nnc2ccccc21. The molecule has 0 spiro atoms. The molecule has 0 fully saturated rings. The quantitative estimate of drug-likeness (QED) is 0.779. The zero-order valence-electron chi connectivity index (χ0n) is 13.1. The van der Waals surface area contributed by atoms with Crippen molar-refractivity contribution in [3.05, 3.63) is 59.7 Å². The lowest BCUT2D eigenvalue weighted by atomic mass is 9.93. The van der Waals surface area contributed by atoms with Crippen molar-refractivity contribution < 1.29 is 23.1 Å². The minimum atomic E-state index is -4.45. The summed E-state index contributed by atoms with van der Waals surface area (Å²) in [6, 6.07) is 10.7. The standard InChI is InChI=1S/C17H14F3N3O2/c1-10(16(24)25)15(11-6-8-12(9-7-11)17(18,19)20)23-14-5-3-2-4-13(14)21-22-23/h2-10,15H,1H3,(H,24,25)/t10-,15-/m0/s1. The van der Waals surface area contributed by atoms with Crippen molar-refractivity contribution in [2.24, 2.45) is 5.92 Å². The van der Waals surface area contributed by atoms with E-state index in [4.69, 9.17) is 0 Å². The summed E-state index contributed by atoms with van der Waals surface area (Å²) in [6.07, 6.45) is -4.45. The molecule has 2 aromatic carbocycles. The smallest absolute Gasteiger partial charge is 0.416 e. The number of benzene rings is 2. The Morgan fingerprint density at radius 2 is 1.76 bits per heavy atom. The van der Waals surface area contributed by atoms with Gasteiger partial charge in [-0.3, -0.25) is 4.79 Å². The van der Waals surface area contributed by atoms with Gasteiger partial charge in [-0.1, -0.05) is 29.5 Å². The number of carboxylic acid groups (broad SMARTS) is 1. The number of hydrogen-bond donors (Lipinski definition) is 1. The molecule has 0 unspecified atom stereocenters. The highest BCUT2D eigenvalue weighted by Gasteiger charge is 2.32. The Balaban J connectivity index is 2.11. The van der Waals surface area contributed by atoms with E-state index in [1.807, 2.05) is 0 Å². The van der Waals surface area contributed by atoms with E-state index in [0.717, 1.165) is 12.1 Å². The van der Waals surface area contributed by atoms with Gasteiger partial charge in [-0.15, -0.1) is 5.10 Å². The lowest BCUT2D eigenvalue weighted by Gasteiger charge is -2.22. The molecule has 1 N–H and O–H groups in total. The molecule has 0 amide bonds. The van der Waals surface area contributed by atoms with E-state index >= 15 is 0 Å². The molecule has 0 radical (unpaired) electrons. The lowest BCUT2D eigenvalue weighted by molar-refractivity contribution is -0.142. The lowest BCUT2D eigenvalue weighted by Crippen LogP contribution is -2.26. The fourth-order valence-electron chi connectivity index (χ4n) is 2.74. The van der Waals surface area contributed by atoms with Gasteiger partial charge < -0.3 is 5.11 Å². The van der Waals surface area contributed by atoms with E-state index in [1.54, 1.807) is 24.3 Å². The number of hydrogen-bond acceptors (Lipinski definition) is 3. The highest BCUT2D eigenvalue weighted by molar-refractivity contribution is 5.75. The second-order valence-electron chi connectivity index (χ2n) is 5.71. The van der Waals surface area contributed by atoms with Crippen LogP contribution in [0, 0.1) is 5.92 Å². The summed E-state index contributed by atoms with van der Waals surface area (Å²) < 4.78 is 39.7. The minimum Gasteiger partial charge on any atom is -0.481 e. The maximum atomic E-state index is 12.8. The number of alkyl halides is 3. The number of carbonyl (C=O) groups is 1. The monoisotopic (exact) mass is 349 g/mol. The van der Waals surface area contributed by atoms with Crippen LogP contribution in [-0.2, 0) is 11.0 Å². The zero-order valence-corrected chi connectivity index (χ0v) is 13.1. The summed E-state index contributed by atoms with van der Waals surface area (Å²) in [7, 11) is 0. The molecule has 0 saturated heterocycles. The largest absolute Gasteiger partial charge is 0.481 e. The molecular weight excluding hydrogens is 335 g/mol. The molecule has 3 aromatic rings. The van der Waals surface area contributed by atoms with E-state index in [0.29, 0.717) is 16.6 Å². The molecule has 0 saturated carbocycles. The van der Waals surface area contributed by atoms with Crippen molar-refractivity contribution in [1.29, 1.82) is 0 Å². The average molecular weight is 349 g/mol. The Morgan fingerprint density at radius 1 is 1.12 bits per heavy atom. The Bertz CT molecular complexity index is 903. The summed E-state index contributed by atoms with van der Waals surface area (Å²) in [4.78, 5) is 11.5. The summed E-state index contributed by atoms with van der Waals surface area (Å²) in [5, 5.41) is 17.5. The zero-order chi connectivity index (χ0) is 18.2. The van der Waals surface area contributed by atoms with Crippen LogP contribution in [0.4, 0.5) is 13.2 Å². The first-order valence-electron chi connectivity index (χ1n) is 7.49. The van der Waals surface area contributed by atoms with Crippen LogP contribution in [-0.4, -0.2) is 26.1 Å². The van der Waals surface area contributed by atoms with Gasteiger partial charge in [-0.25, -0.2) is 4.68 Å². The van der Waals surface area contributed by atoms with Gasteiger partial charge in [0.15, 0.2) is 0 Å². The average Bonchev–Trinajstić information content (AvgIpc) is 2.99. The van der Waals surface area contributed by atoms with Crippen molar-refractivity contribution in [3.63, 3.8) is 0 Å². The van der Waals surface area contributed by atoms with E-state index in [9.17, 15) is 23.1 Å². The molecule has 25 heavy (non-hydrogen) atoms. The highest BCUT2D eigenvalue weighted by atomic mass is 19.4. The molecule has 1 heterocycles. The first kappa shape index (κ1) is 16.9. The summed E-state index contributed by atoms with van der Waals surface area (Å²) in [5.41, 5.74) is 0.817. The summed E-state index contributed by atoms with van der Waals surface area (Å²) >= 11 is 0. The number of para-hydroxylation sites is 1. The van der Waals surface area contributed by atoms with Crippen LogP contribution in [0.25, 0.3) is 11.0 Å². The fraction of sp³-hybridized carbons (Fsp3) is 0.235. The fourth-order valence-corrected chi connectivity index (χ4v) is 2.74. The van der Waals surface area contributed by atoms with E-state index in [-0.39, 0.29) is 0 Å². The molecule has 0 aliphatic carbocycles. The summed E-state index contributed by atoms with van der Waals surface area (Å²) in [6.45, 7) is 1.49. The first-order chi connectivity index (χ1) is 11.8. The van der Waals surface area contributed by atoms with E-state index in [2.05, 4.69) is 10.3 Å². The van der Waals surface area contributed by atoms with Crippen LogP contribution in [0.15, 0.2) is 48.5 Å². The third kappa shape index (κ3) is 3.19. The number of rotatable bonds is 4. The normalized spacial score (nSPS) is 14.4. The van der Waals surface area contributed by atoms with Crippen molar-refractivity contribution >= 4 is 17.0 Å². The van der Waals surface area contributed by atoms with Crippen LogP contribution >= 0.6 is 0 Å². The topological polar surface area (TPSA) is 68.0 Å². The van der Waals surface area contributed by atoms with Crippen LogP contribution in [0.1, 0.15) is 24.1 Å². The molecule has 8 heteroatoms. The second-order valence-corrected chi connectivity index (χ2v) is 5.71. The number of nitrogens with zero attached hydrogens (tertiary/aromatic N) is 3. The predicted octanol–water partition coefficient (Wildman–Crippen LogP) is 3.76. The van der Waals surface area contributed by atoms with Crippen molar-refractivity contribution in [2.45, 2.75) is 19.1 Å². The number of carboxylic acids is 1. The Hall–Kier alpha value is -2.90. The van der Waals surface area contributed by atoms with Crippen LogP contribution in [0.3, 0.4) is 0 Å². The van der Waals surface area contributed by atoms with Gasteiger partial charge in [0.05, 0.1) is 23.0 Å². The van der Waals surface area contributed by atoms with Crippen molar-refractivity contribution in [3.8, 4) is 0 Å². The van der Waals surface area contributed by atoms with E-state index < -0.39 is 29.7 Å². The van der Waals surface area contributed by atoms with Gasteiger partial charge in [0.25, 0.3) is 0 Å².